The highest BCUT2D eigenvalue weighted by molar-refractivity contribution is 5.78. The van der Waals surface area contributed by atoms with Crippen molar-refractivity contribution in [3.63, 3.8) is 0 Å². The van der Waals surface area contributed by atoms with Gasteiger partial charge in [-0.2, -0.15) is 0 Å². The van der Waals surface area contributed by atoms with Crippen LogP contribution in [0.5, 0.6) is 5.75 Å². The first-order valence-corrected chi connectivity index (χ1v) is 8.22. The number of carbonyl (C=O) groups is 1. The molecule has 2 aromatic carbocycles. The Morgan fingerprint density at radius 1 is 1.24 bits per heavy atom. The lowest BCUT2D eigenvalue weighted by molar-refractivity contribution is -0.135. The second kappa shape index (κ2) is 8.62. The molecule has 0 saturated carbocycles. The number of amides is 1. The normalized spacial score (nSPS) is 13.2. The summed E-state index contributed by atoms with van der Waals surface area (Å²) in [6.07, 6.45) is -0.491. The quantitative estimate of drug-likeness (QED) is 0.838. The van der Waals surface area contributed by atoms with E-state index in [2.05, 4.69) is 0 Å². The number of benzene rings is 2. The number of halogens is 1. The predicted octanol–water partition coefficient (Wildman–Crippen LogP) is 3.20. The van der Waals surface area contributed by atoms with Crippen molar-refractivity contribution in [2.45, 2.75) is 19.4 Å². The van der Waals surface area contributed by atoms with Gasteiger partial charge in [0.15, 0.2) is 0 Å². The second-order valence-corrected chi connectivity index (χ2v) is 6.21. The molecular weight excluding hydrogens is 321 g/mol. The van der Waals surface area contributed by atoms with Crippen LogP contribution in [0.1, 0.15) is 24.2 Å². The van der Waals surface area contributed by atoms with Gasteiger partial charge in [0.05, 0.1) is 19.8 Å². The summed E-state index contributed by atoms with van der Waals surface area (Å²) in [5.74, 6) is -0.163. The van der Waals surface area contributed by atoms with Crippen LogP contribution in [0.4, 0.5) is 4.39 Å². The number of aliphatic hydroxyl groups is 1. The molecule has 0 aliphatic rings. The van der Waals surface area contributed by atoms with Crippen molar-refractivity contribution in [2.75, 3.05) is 20.7 Å². The van der Waals surface area contributed by atoms with E-state index in [1.165, 1.54) is 11.0 Å². The lowest BCUT2D eigenvalue weighted by Gasteiger charge is -2.24. The van der Waals surface area contributed by atoms with E-state index in [9.17, 15) is 14.3 Å². The molecule has 0 saturated heterocycles. The third-order valence-corrected chi connectivity index (χ3v) is 4.21. The van der Waals surface area contributed by atoms with Crippen LogP contribution >= 0.6 is 0 Å². The minimum Gasteiger partial charge on any atom is -0.497 e. The summed E-state index contributed by atoms with van der Waals surface area (Å²) >= 11 is 0. The minimum atomic E-state index is -0.815. The molecule has 2 aromatic rings. The molecule has 2 atom stereocenters. The SMILES string of the molecule is COc1cccc(C(O)CN(C)C(=O)C(C)Cc2ccccc2F)c1. The summed E-state index contributed by atoms with van der Waals surface area (Å²) < 4.78 is 18.9. The van der Waals surface area contributed by atoms with Crippen LogP contribution in [-0.4, -0.2) is 36.6 Å². The van der Waals surface area contributed by atoms with Crippen LogP contribution in [-0.2, 0) is 11.2 Å². The fourth-order valence-electron chi connectivity index (χ4n) is 2.76. The van der Waals surface area contributed by atoms with E-state index in [0.29, 0.717) is 23.3 Å². The number of carbonyl (C=O) groups excluding carboxylic acids is 1. The fraction of sp³-hybridized carbons (Fsp3) is 0.350. The Morgan fingerprint density at radius 3 is 2.64 bits per heavy atom. The van der Waals surface area contributed by atoms with E-state index in [1.54, 1.807) is 63.5 Å². The highest BCUT2D eigenvalue weighted by atomic mass is 19.1. The third-order valence-electron chi connectivity index (χ3n) is 4.21. The maximum Gasteiger partial charge on any atom is 0.225 e. The van der Waals surface area contributed by atoms with Gasteiger partial charge in [0.25, 0.3) is 0 Å². The average molecular weight is 345 g/mol. The number of aliphatic hydroxyl groups excluding tert-OH is 1. The summed E-state index contributed by atoms with van der Waals surface area (Å²) in [4.78, 5) is 14.0. The van der Waals surface area contributed by atoms with Gasteiger partial charge in [-0.15, -0.1) is 0 Å². The number of nitrogens with zero attached hydrogens (tertiary/aromatic N) is 1. The first kappa shape index (κ1) is 18.9. The molecule has 0 fully saturated rings. The smallest absolute Gasteiger partial charge is 0.225 e. The van der Waals surface area contributed by atoms with Crippen molar-refractivity contribution in [3.8, 4) is 5.75 Å². The molecular formula is C20H24FNO3. The molecule has 1 N–H and O–H groups in total. The van der Waals surface area contributed by atoms with Gasteiger partial charge >= 0.3 is 0 Å². The second-order valence-electron chi connectivity index (χ2n) is 6.21. The van der Waals surface area contributed by atoms with Crippen molar-refractivity contribution in [2.24, 2.45) is 5.92 Å². The molecule has 0 aliphatic heterocycles. The van der Waals surface area contributed by atoms with Crippen LogP contribution in [0, 0.1) is 11.7 Å². The maximum absolute atomic E-state index is 13.7. The van der Waals surface area contributed by atoms with Crippen LogP contribution in [0.25, 0.3) is 0 Å². The Bertz CT molecular complexity index is 720. The molecule has 25 heavy (non-hydrogen) atoms. The number of ether oxygens (including phenoxy) is 1. The van der Waals surface area contributed by atoms with Gasteiger partial charge in [-0.25, -0.2) is 4.39 Å². The number of hydrogen-bond donors (Lipinski definition) is 1. The van der Waals surface area contributed by atoms with E-state index in [1.807, 2.05) is 0 Å². The predicted molar refractivity (Wildman–Crippen MR) is 94.9 cm³/mol. The Kier molecular flexibility index (Phi) is 6.53. The molecule has 2 rings (SSSR count). The molecule has 0 radical (unpaired) electrons. The summed E-state index contributed by atoms with van der Waals surface area (Å²) in [5, 5.41) is 10.4. The molecule has 2 unspecified atom stereocenters. The van der Waals surface area contributed by atoms with Gasteiger partial charge in [-0.05, 0) is 35.7 Å². The van der Waals surface area contributed by atoms with Gasteiger partial charge in [-0.1, -0.05) is 37.3 Å². The topological polar surface area (TPSA) is 49.8 Å². The zero-order chi connectivity index (χ0) is 18.4. The maximum atomic E-state index is 13.7. The molecule has 1 amide bonds. The van der Waals surface area contributed by atoms with E-state index in [-0.39, 0.29) is 24.2 Å². The van der Waals surface area contributed by atoms with Crippen LogP contribution in [0.15, 0.2) is 48.5 Å². The highest BCUT2D eigenvalue weighted by Crippen LogP contribution is 2.21. The molecule has 134 valence electrons. The van der Waals surface area contributed by atoms with Crippen molar-refractivity contribution >= 4 is 5.91 Å². The van der Waals surface area contributed by atoms with Gasteiger partial charge < -0.3 is 14.7 Å². The molecule has 0 spiro atoms. The number of likely N-dealkylation sites (N-methyl/N-ethyl adjacent to an activating group) is 1. The van der Waals surface area contributed by atoms with Crippen LogP contribution in [0.3, 0.4) is 0 Å². The van der Waals surface area contributed by atoms with Crippen molar-refractivity contribution in [1.82, 2.24) is 4.90 Å². The zero-order valence-electron chi connectivity index (χ0n) is 14.8. The summed E-state index contributed by atoms with van der Waals surface area (Å²) in [7, 11) is 3.20. The fourth-order valence-corrected chi connectivity index (χ4v) is 2.76. The summed E-state index contributed by atoms with van der Waals surface area (Å²) in [6, 6.07) is 13.6. The molecule has 5 heteroatoms. The lowest BCUT2D eigenvalue weighted by atomic mass is 9.99. The standard InChI is InChI=1S/C20H24FNO3/c1-14(11-15-7-4-5-10-18(15)21)20(24)22(2)13-19(23)16-8-6-9-17(12-16)25-3/h4-10,12,14,19,23H,11,13H2,1-3H3. The number of rotatable bonds is 7. The first-order chi connectivity index (χ1) is 11.9. The molecule has 0 bridgehead atoms. The largest absolute Gasteiger partial charge is 0.497 e. The number of hydrogen-bond acceptors (Lipinski definition) is 3. The highest BCUT2D eigenvalue weighted by Gasteiger charge is 2.21. The van der Waals surface area contributed by atoms with Crippen LogP contribution < -0.4 is 4.74 Å². The van der Waals surface area contributed by atoms with Crippen molar-refractivity contribution in [1.29, 1.82) is 0 Å². The molecule has 0 aromatic heterocycles. The van der Waals surface area contributed by atoms with Crippen molar-refractivity contribution in [3.05, 3.63) is 65.5 Å². The Balaban J connectivity index is 1.97. The van der Waals surface area contributed by atoms with E-state index < -0.39 is 6.10 Å². The van der Waals surface area contributed by atoms with Gasteiger partial charge in [-0.3, -0.25) is 4.79 Å². The third kappa shape index (κ3) is 5.03. The van der Waals surface area contributed by atoms with Crippen molar-refractivity contribution < 1.29 is 19.0 Å². The van der Waals surface area contributed by atoms with E-state index in [4.69, 9.17) is 4.74 Å². The number of methoxy groups -OCH3 is 1. The Hall–Kier alpha value is -2.40. The first-order valence-electron chi connectivity index (χ1n) is 8.22. The Labute approximate surface area is 147 Å². The summed E-state index contributed by atoms with van der Waals surface area (Å²) in [6.45, 7) is 1.93. The molecule has 4 nitrogen and oxygen atoms in total. The average Bonchev–Trinajstić information content (AvgIpc) is 2.62. The Morgan fingerprint density at radius 2 is 1.96 bits per heavy atom. The summed E-state index contributed by atoms with van der Waals surface area (Å²) in [5.41, 5.74) is 1.20. The van der Waals surface area contributed by atoms with E-state index >= 15 is 0 Å². The van der Waals surface area contributed by atoms with Gasteiger partial charge in [0.1, 0.15) is 11.6 Å². The molecule has 0 heterocycles. The minimum absolute atomic E-state index is 0.134. The van der Waals surface area contributed by atoms with Gasteiger partial charge in [0, 0.05) is 13.0 Å². The van der Waals surface area contributed by atoms with E-state index in [0.717, 1.165) is 0 Å². The monoisotopic (exact) mass is 345 g/mol. The van der Waals surface area contributed by atoms with Gasteiger partial charge in [0.2, 0.25) is 5.91 Å². The zero-order valence-corrected chi connectivity index (χ0v) is 14.8. The lowest BCUT2D eigenvalue weighted by Crippen LogP contribution is -2.35. The van der Waals surface area contributed by atoms with Crippen LogP contribution in [0.2, 0.25) is 0 Å². The molecule has 0 aliphatic carbocycles.